The molecule has 5 atom stereocenters. The molecule has 8 nitrogen and oxygen atoms in total. The summed E-state index contributed by atoms with van der Waals surface area (Å²) in [4.78, 5) is 12.9. The van der Waals surface area contributed by atoms with Crippen molar-refractivity contribution >= 4 is 40.8 Å². The third-order valence-corrected chi connectivity index (χ3v) is 6.48. The van der Waals surface area contributed by atoms with E-state index in [9.17, 15) is 20.1 Å². The Balaban J connectivity index is 1.73. The van der Waals surface area contributed by atoms with Crippen molar-refractivity contribution in [2.45, 2.75) is 44.1 Å². The number of esters is 1. The molecule has 1 saturated heterocycles. The van der Waals surface area contributed by atoms with Crippen molar-refractivity contribution < 1.29 is 39.1 Å². The largest absolute Gasteiger partial charge is 0.490 e. The molecule has 0 unspecified atom stereocenters. The minimum absolute atomic E-state index is 0.0425. The van der Waals surface area contributed by atoms with Crippen molar-refractivity contribution in [1.82, 2.24) is 0 Å². The Kier molecular flexibility index (Phi) is 9.42. The van der Waals surface area contributed by atoms with Crippen LogP contribution in [0.3, 0.4) is 0 Å². The Morgan fingerprint density at radius 1 is 1.12 bits per heavy atom. The topological polar surface area (TPSA) is 115 Å². The fraction of sp³-hybridized carbons (Fsp3) is 0.435. The van der Waals surface area contributed by atoms with Crippen LogP contribution < -0.4 is 4.74 Å². The number of carbonyl (C=O) groups excluding carboxylic acids is 1. The van der Waals surface area contributed by atoms with Gasteiger partial charge in [-0.25, -0.2) is 4.79 Å². The Morgan fingerprint density at radius 3 is 2.41 bits per heavy atom. The van der Waals surface area contributed by atoms with Gasteiger partial charge >= 0.3 is 5.97 Å². The van der Waals surface area contributed by atoms with Crippen molar-refractivity contribution in [1.29, 1.82) is 0 Å². The van der Waals surface area contributed by atoms with Gasteiger partial charge in [-0.3, -0.25) is 0 Å². The molecule has 1 aliphatic rings. The van der Waals surface area contributed by atoms with Crippen LogP contribution in [0.1, 0.15) is 21.5 Å². The molecular weight excluding hydrogens is 511 g/mol. The van der Waals surface area contributed by atoms with Gasteiger partial charge in [0, 0.05) is 18.6 Å². The number of aliphatic hydroxyl groups excluding tert-OH is 3. The minimum atomic E-state index is -1.55. The molecule has 0 aliphatic carbocycles. The van der Waals surface area contributed by atoms with Gasteiger partial charge in [0.05, 0.1) is 28.8 Å². The molecule has 1 fully saturated rings. The lowest BCUT2D eigenvalue weighted by molar-refractivity contribution is -0.293. The number of benzene rings is 2. The summed E-state index contributed by atoms with van der Waals surface area (Å²) in [6.45, 7) is 1.33. The normalized spacial score (nSPS) is 24.6. The van der Waals surface area contributed by atoms with Crippen LogP contribution in [0.4, 0.5) is 0 Å². The average Bonchev–Trinajstić information content (AvgIpc) is 2.82. The third kappa shape index (κ3) is 5.95. The molecule has 1 heterocycles. The Bertz CT molecular complexity index is 999. The van der Waals surface area contributed by atoms with Gasteiger partial charge in [0.2, 0.25) is 0 Å². The number of rotatable bonds is 8. The average molecular weight is 536 g/mol. The second-order valence-corrected chi connectivity index (χ2v) is 8.93. The highest BCUT2D eigenvalue weighted by Gasteiger charge is 2.47. The summed E-state index contributed by atoms with van der Waals surface area (Å²) in [5.74, 6) is -0.637. The molecule has 1 aliphatic heterocycles. The highest BCUT2D eigenvalue weighted by molar-refractivity contribution is 6.38. The molecule has 0 radical (unpaired) electrons. The van der Waals surface area contributed by atoms with E-state index < -0.39 is 43.3 Å². The molecule has 0 amide bonds. The first kappa shape index (κ1) is 27.0. The molecule has 0 spiro atoms. The molecule has 11 heteroatoms. The maximum atomic E-state index is 12.9. The summed E-state index contributed by atoms with van der Waals surface area (Å²) in [6, 6.07) is 8.69. The molecule has 2 aromatic carbocycles. The van der Waals surface area contributed by atoms with Gasteiger partial charge in [-0.1, -0.05) is 46.9 Å². The van der Waals surface area contributed by atoms with E-state index in [1.54, 1.807) is 19.1 Å². The van der Waals surface area contributed by atoms with Crippen LogP contribution in [-0.2, 0) is 20.6 Å². The highest BCUT2D eigenvalue weighted by Crippen LogP contribution is 2.38. The van der Waals surface area contributed by atoms with Gasteiger partial charge in [0.25, 0.3) is 0 Å². The van der Waals surface area contributed by atoms with Crippen LogP contribution in [0.15, 0.2) is 30.3 Å². The van der Waals surface area contributed by atoms with E-state index in [1.165, 1.54) is 13.2 Å². The second-order valence-electron chi connectivity index (χ2n) is 7.71. The van der Waals surface area contributed by atoms with Crippen molar-refractivity contribution in [3.05, 3.63) is 62.1 Å². The summed E-state index contributed by atoms with van der Waals surface area (Å²) >= 11 is 18.7. The first-order valence-corrected chi connectivity index (χ1v) is 11.5. The van der Waals surface area contributed by atoms with E-state index in [0.29, 0.717) is 17.0 Å². The van der Waals surface area contributed by atoms with Gasteiger partial charge in [0.1, 0.15) is 18.3 Å². The number of aliphatic hydroxyl groups is 3. The van der Waals surface area contributed by atoms with Gasteiger partial charge in [-0.2, -0.15) is 0 Å². The minimum Gasteiger partial charge on any atom is -0.490 e. The predicted molar refractivity (Wildman–Crippen MR) is 126 cm³/mol. The van der Waals surface area contributed by atoms with Crippen molar-refractivity contribution in [2.75, 3.05) is 20.3 Å². The van der Waals surface area contributed by atoms with E-state index in [0.717, 1.165) is 5.56 Å². The van der Waals surface area contributed by atoms with Crippen molar-refractivity contribution in [3.8, 4) is 5.75 Å². The maximum absolute atomic E-state index is 12.9. The number of halogens is 3. The van der Waals surface area contributed by atoms with Crippen LogP contribution >= 0.6 is 34.8 Å². The number of hydrogen-bond donors (Lipinski definition) is 3. The lowest BCUT2D eigenvalue weighted by Crippen LogP contribution is -2.60. The maximum Gasteiger partial charge on any atom is 0.339 e. The molecular formula is C23H25Cl3O8. The van der Waals surface area contributed by atoms with Crippen molar-refractivity contribution in [3.63, 3.8) is 0 Å². The van der Waals surface area contributed by atoms with Crippen molar-refractivity contribution in [2.24, 2.45) is 0 Å². The fourth-order valence-electron chi connectivity index (χ4n) is 3.52. The predicted octanol–water partition coefficient (Wildman–Crippen LogP) is 3.19. The second kappa shape index (κ2) is 11.9. The van der Waals surface area contributed by atoms with E-state index in [2.05, 4.69) is 0 Å². The summed E-state index contributed by atoms with van der Waals surface area (Å²) in [6.07, 6.45) is -6.11. The molecule has 0 saturated carbocycles. The SMILES string of the molecule is CO[C@H]1O[C@H](CO)[C@@H](O)[C@H](O)[C@H]1OC(=O)c1cc(Cl)c(OCCc2ccc(Cl)cc2)c(Cl)c1C. The van der Waals surface area contributed by atoms with E-state index in [4.69, 9.17) is 53.8 Å². The third-order valence-electron chi connectivity index (χ3n) is 5.49. The number of ether oxygens (including phenoxy) is 4. The Labute approximate surface area is 211 Å². The summed E-state index contributed by atoms with van der Waals surface area (Å²) < 4.78 is 21.6. The first-order chi connectivity index (χ1) is 16.2. The lowest BCUT2D eigenvalue weighted by Gasteiger charge is -2.40. The van der Waals surface area contributed by atoms with Crippen LogP contribution in [0, 0.1) is 6.92 Å². The summed E-state index contributed by atoms with van der Waals surface area (Å²) in [5, 5.41) is 30.7. The number of hydrogen-bond acceptors (Lipinski definition) is 8. The first-order valence-electron chi connectivity index (χ1n) is 10.4. The molecule has 186 valence electrons. The molecule has 34 heavy (non-hydrogen) atoms. The highest BCUT2D eigenvalue weighted by atomic mass is 35.5. The zero-order valence-electron chi connectivity index (χ0n) is 18.4. The van der Waals surface area contributed by atoms with Gasteiger partial charge < -0.3 is 34.3 Å². The molecule has 0 bridgehead atoms. The van der Waals surface area contributed by atoms with Crippen LogP contribution in [0.25, 0.3) is 0 Å². The van der Waals surface area contributed by atoms with Crippen LogP contribution in [0.5, 0.6) is 5.75 Å². The molecule has 3 rings (SSSR count). The van der Waals surface area contributed by atoms with Crippen LogP contribution in [-0.4, -0.2) is 72.3 Å². The quantitative estimate of drug-likeness (QED) is 0.442. The lowest BCUT2D eigenvalue weighted by atomic mass is 9.99. The Morgan fingerprint density at radius 2 is 1.79 bits per heavy atom. The standard InChI is InChI=1S/C23H25Cl3O8/c1-11-14(22(30)34-21-19(29)18(28)16(10-27)33-23(21)31-2)9-15(25)20(17(11)26)32-8-7-12-3-5-13(24)6-4-12/h3-6,9,16,18-19,21,23,27-29H,7-8,10H2,1-2H3/t16-,18-,19+,21-,23+/m1/s1. The van der Waals surface area contributed by atoms with Gasteiger partial charge in [-0.05, 0) is 36.2 Å². The van der Waals surface area contributed by atoms with E-state index >= 15 is 0 Å². The molecule has 2 aromatic rings. The zero-order valence-corrected chi connectivity index (χ0v) is 20.7. The van der Waals surface area contributed by atoms with Crippen LogP contribution in [0.2, 0.25) is 15.1 Å². The van der Waals surface area contributed by atoms with E-state index in [-0.39, 0.29) is 28.0 Å². The number of methoxy groups -OCH3 is 1. The summed E-state index contributed by atoms with van der Waals surface area (Å²) in [7, 11) is 1.28. The fourth-order valence-corrected chi connectivity index (χ4v) is 4.21. The van der Waals surface area contributed by atoms with Gasteiger partial charge in [-0.15, -0.1) is 0 Å². The number of carbonyl (C=O) groups is 1. The Hall–Kier alpha value is -1.62. The van der Waals surface area contributed by atoms with Gasteiger partial charge in [0.15, 0.2) is 18.1 Å². The molecule has 0 aromatic heterocycles. The monoisotopic (exact) mass is 534 g/mol. The molecule has 3 N–H and O–H groups in total. The zero-order chi connectivity index (χ0) is 25.0. The summed E-state index contributed by atoms with van der Waals surface area (Å²) in [5.41, 5.74) is 1.41. The smallest absolute Gasteiger partial charge is 0.339 e. The van der Waals surface area contributed by atoms with E-state index in [1.807, 2.05) is 12.1 Å².